The predicted molar refractivity (Wildman–Crippen MR) is 90.5 cm³/mol. The van der Waals surface area contributed by atoms with E-state index in [1.165, 1.54) is 19.4 Å². The van der Waals surface area contributed by atoms with Gasteiger partial charge < -0.3 is 9.73 Å². The van der Waals surface area contributed by atoms with Crippen molar-refractivity contribution in [2.75, 3.05) is 5.32 Å². The van der Waals surface area contributed by atoms with Crippen LogP contribution in [0.25, 0.3) is 11.0 Å². The molecular formula is C18H14N2O3. The Balaban J connectivity index is 1.93. The van der Waals surface area contributed by atoms with Crippen molar-refractivity contribution < 1.29 is 9.21 Å². The van der Waals surface area contributed by atoms with E-state index in [1.807, 2.05) is 6.07 Å². The molecule has 0 aliphatic heterocycles. The van der Waals surface area contributed by atoms with Crippen LogP contribution in [-0.4, -0.2) is 12.1 Å². The van der Waals surface area contributed by atoms with E-state index in [2.05, 4.69) is 10.3 Å². The maximum atomic E-state index is 12.4. The molecule has 5 nitrogen and oxygen atoms in total. The number of hydrogen-bond acceptors (Lipinski definition) is 4. The van der Waals surface area contributed by atoms with E-state index in [4.69, 9.17) is 4.42 Å². The van der Waals surface area contributed by atoms with Crippen LogP contribution in [-0.2, 0) is 4.79 Å². The minimum atomic E-state index is -0.152. The smallest absolute Gasteiger partial charge is 0.221 e. The normalized spacial score (nSPS) is 11.0. The first kappa shape index (κ1) is 14.7. The Morgan fingerprint density at radius 2 is 2.00 bits per heavy atom. The number of carbonyl (C=O) groups is 1. The van der Waals surface area contributed by atoms with Crippen molar-refractivity contribution in [1.29, 1.82) is 0 Å². The van der Waals surface area contributed by atoms with Gasteiger partial charge in [0.15, 0.2) is 0 Å². The standard InChI is InChI=1S/C18H14N2O3/c1-12(21)20-15-6-4-5-14(9-15)19-10-13-11-23-17-8-3-2-7-16(17)18(13)22/h2-11H,1H3,(H,20,21). The molecule has 0 aliphatic rings. The van der Waals surface area contributed by atoms with Crippen molar-refractivity contribution in [3.63, 3.8) is 0 Å². The number of nitrogens with one attached hydrogen (secondary N) is 1. The lowest BCUT2D eigenvalue weighted by Gasteiger charge is -2.02. The Hall–Kier alpha value is -3.21. The zero-order valence-corrected chi connectivity index (χ0v) is 12.4. The molecule has 3 rings (SSSR count). The van der Waals surface area contributed by atoms with Crippen molar-refractivity contribution in [2.45, 2.75) is 6.92 Å². The number of para-hydroxylation sites is 1. The van der Waals surface area contributed by atoms with Crippen LogP contribution in [0.1, 0.15) is 12.5 Å². The monoisotopic (exact) mass is 306 g/mol. The number of amides is 1. The lowest BCUT2D eigenvalue weighted by molar-refractivity contribution is -0.114. The molecule has 5 heteroatoms. The Labute approximate surface area is 132 Å². The van der Waals surface area contributed by atoms with Crippen LogP contribution in [0.15, 0.2) is 69.0 Å². The molecule has 1 heterocycles. The number of anilines is 1. The van der Waals surface area contributed by atoms with E-state index in [9.17, 15) is 9.59 Å². The number of rotatable bonds is 3. The second-order valence-electron chi connectivity index (χ2n) is 5.01. The zero-order chi connectivity index (χ0) is 16.2. The summed E-state index contributed by atoms with van der Waals surface area (Å²) < 4.78 is 5.44. The first-order chi connectivity index (χ1) is 11.1. The van der Waals surface area contributed by atoms with E-state index in [1.54, 1.807) is 42.5 Å². The van der Waals surface area contributed by atoms with Crippen LogP contribution in [0.4, 0.5) is 11.4 Å². The van der Waals surface area contributed by atoms with Crippen LogP contribution in [0, 0.1) is 0 Å². The van der Waals surface area contributed by atoms with Crippen LogP contribution < -0.4 is 10.7 Å². The molecule has 1 amide bonds. The van der Waals surface area contributed by atoms with Gasteiger partial charge in [-0.05, 0) is 30.3 Å². The van der Waals surface area contributed by atoms with Gasteiger partial charge in [0.25, 0.3) is 0 Å². The van der Waals surface area contributed by atoms with Crippen LogP contribution in [0.5, 0.6) is 0 Å². The molecule has 1 N–H and O–H groups in total. The van der Waals surface area contributed by atoms with Gasteiger partial charge in [-0.1, -0.05) is 18.2 Å². The lowest BCUT2D eigenvalue weighted by atomic mass is 10.2. The summed E-state index contributed by atoms with van der Waals surface area (Å²) >= 11 is 0. The van der Waals surface area contributed by atoms with Gasteiger partial charge in [-0.3, -0.25) is 14.6 Å². The predicted octanol–water partition coefficient (Wildman–Crippen LogP) is 3.50. The van der Waals surface area contributed by atoms with E-state index in [-0.39, 0.29) is 11.3 Å². The Kier molecular flexibility index (Phi) is 4.01. The summed E-state index contributed by atoms with van der Waals surface area (Å²) in [6.45, 7) is 1.44. The van der Waals surface area contributed by atoms with Crippen molar-refractivity contribution in [1.82, 2.24) is 0 Å². The summed E-state index contributed by atoms with van der Waals surface area (Å²) in [5.74, 6) is -0.152. The minimum absolute atomic E-state index is 0.131. The highest BCUT2D eigenvalue weighted by Gasteiger charge is 2.04. The van der Waals surface area contributed by atoms with Crippen molar-refractivity contribution in [2.24, 2.45) is 4.99 Å². The van der Waals surface area contributed by atoms with Gasteiger partial charge in [0.05, 0.1) is 16.6 Å². The zero-order valence-electron chi connectivity index (χ0n) is 12.4. The largest absolute Gasteiger partial charge is 0.463 e. The molecule has 0 aliphatic carbocycles. The molecule has 0 radical (unpaired) electrons. The maximum Gasteiger partial charge on any atom is 0.221 e. The number of nitrogens with zero attached hydrogens (tertiary/aromatic N) is 1. The molecule has 0 atom stereocenters. The van der Waals surface area contributed by atoms with E-state index >= 15 is 0 Å². The summed E-state index contributed by atoms with van der Waals surface area (Å²) in [7, 11) is 0. The lowest BCUT2D eigenvalue weighted by Crippen LogP contribution is -2.07. The van der Waals surface area contributed by atoms with Crippen LogP contribution in [0.2, 0.25) is 0 Å². The number of hydrogen-bond donors (Lipinski definition) is 1. The second kappa shape index (κ2) is 6.27. The Morgan fingerprint density at radius 1 is 1.17 bits per heavy atom. The number of fused-ring (bicyclic) bond motifs is 1. The van der Waals surface area contributed by atoms with Gasteiger partial charge in [0.1, 0.15) is 11.8 Å². The molecular weight excluding hydrogens is 292 g/mol. The second-order valence-corrected chi connectivity index (χ2v) is 5.01. The molecule has 0 spiro atoms. The molecule has 3 aromatic rings. The molecule has 2 aromatic carbocycles. The van der Waals surface area contributed by atoms with Gasteiger partial charge in [0.2, 0.25) is 11.3 Å². The molecule has 0 fully saturated rings. The first-order valence-electron chi connectivity index (χ1n) is 7.06. The molecule has 0 unspecified atom stereocenters. The third-order valence-corrected chi connectivity index (χ3v) is 3.23. The first-order valence-corrected chi connectivity index (χ1v) is 7.06. The van der Waals surface area contributed by atoms with Crippen molar-refractivity contribution in [3.8, 4) is 0 Å². The fourth-order valence-corrected chi connectivity index (χ4v) is 2.19. The van der Waals surface area contributed by atoms with Crippen LogP contribution in [0.3, 0.4) is 0 Å². The van der Waals surface area contributed by atoms with Gasteiger partial charge in [-0.25, -0.2) is 0 Å². The molecule has 23 heavy (non-hydrogen) atoms. The summed E-state index contributed by atoms with van der Waals surface area (Å²) in [4.78, 5) is 27.7. The van der Waals surface area contributed by atoms with E-state index < -0.39 is 0 Å². The van der Waals surface area contributed by atoms with Crippen molar-refractivity contribution in [3.05, 3.63) is 70.6 Å². The quantitative estimate of drug-likeness (QED) is 0.753. The number of carbonyl (C=O) groups excluding carboxylic acids is 1. The highest BCUT2D eigenvalue weighted by molar-refractivity contribution is 5.90. The third kappa shape index (κ3) is 3.35. The van der Waals surface area contributed by atoms with Crippen LogP contribution >= 0.6 is 0 Å². The molecule has 0 bridgehead atoms. The highest BCUT2D eigenvalue weighted by atomic mass is 16.3. The average molecular weight is 306 g/mol. The average Bonchev–Trinajstić information content (AvgIpc) is 2.54. The van der Waals surface area contributed by atoms with Gasteiger partial charge in [-0.2, -0.15) is 0 Å². The van der Waals surface area contributed by atoms with Gasteiger partial charge in [0, 0.05) is 18.8 Å². The third-order valence-electron chi connectivity index (χ3n) is 3.23. The molecule has 114 valence electrons. The van der Waals surface area contributed by atoms with Crippen molar-refractivity contribution >= 4 is 34.5 Å². The van der Waals surface area contributed by atoms with E-state index in [0.717, 1.165) is 0 Å². The van der Waals surface area contributed by atoms with Gasteiger partial charge in [-0.15, -0.1) is 0 Å². The fraction of sp³-hybridized carbons (Fsp3) is 0.0556. The van der Waals surface area contributed by atoms with Gasteiger partial charge >= 0.3 is 0 Å². The fourth-order valence-electron chi connectivity index (χ4n) is 2.19. The highest BCUT2D eigenvalue weighted by Crippen LogP contribution is 2.18. The number of aliphatic imine (C=N–C) groups is 1. The molecule has 0 saturated carbocycles. The summed E-state index contributed by atoms with van der Waals surface area (Å²) in [5, 5.41) is 3.20. The Bertz CT molecular complexity index is 958. The molecule has 1 aromatic heterocycles. The Morgan fingerprint density at radius 3 is 2.83 bits per heavy atom. The minimum Gasteiger partial charge on any atom is -0.463 e. The number of benzene rings is 2. The molecule has 0 saturated heterocycles. The SMILES string of the molecule is CC(=O)Nc1cccc(N=Cc2coc3ccccc3c2=O)c1. The summed E-state index contributed by atoms with van der Waals surface area (Å²) in [5.41, 5.74) is 2.06. The summed E-state index contributed by atoms with van der Waals surface area (Å²) in [6, 6.07) is 14.1. The summed E-state index contributed by atoms with van der Waals surface area (Å²) in [6.07, 6.45) is 2.86. The topological polar surface area (TPSA) is 71.7 Å². The van der Waals surface area contributed by atoms with E-state index in [0.29, 0.717) is 27.9 Å². The maximum absolute atomic E-state index is 12.4.